The standard InChI is InChI=1S/C18H18FN5O2S/c1-11-17(27-12(2)21-11)15-7-8-16(25)24(23-15)10-9-20-18(26)22-14-6-4-3-5-13(14)19/h3-8H,9-10H2,1-2H3,(H2,20,22,26). The molecule has 2 amide bonds. The van der Waals surface area contributed by atoms with Crippen LogP contribution >= 0.6 is 11.3 Å². The third-order valence-corrected chi connectivity index (χ3v) is 4.83. The Hall–Kier alpha value is -3.07. The van der Waals surface area contributed by atoms with Crippen molar-refractivity contribution in [2.24, 2.45) is 0 Å². The van der Waals surface area contributed by atoms with E-state index < -0.39 is 11.8 Å². The van der Waals surface area contributed by atoms with Crippen molar-refractivity contribution in [3.8, 4) is 10.6 Å². The molecule has 0 saturated carbocycles. The minimum absolute atomic E-state index is 0.0864. The number of rotatable bonds is 5. The number of hydrogen-bond acceptors (Lipinski definition) is 5. The molecule has 0 aliphatic carbocycles. The summed E-state index contributed by atoms with van der Waals surface area (Å²) < 4.78 is 14.8. The smallest absolute Gasteiger partial charge is 0.319 e. The summed E-state index contributed by atoms with van der Waals surface area (Å²) in [5.74, 6) is -0.520. The van der Waals surface area contributed by atoms with E-state index in [0.717, 1.165) is 15.6 Å². The van der Waals surface area contributed by atoms with Crippen LogP contribution in [-0.2, 0) is 6.54 Å². The molecule has 2 aromatic heterocycles. The second-order valence-electron chi connectivity index (χ2n) is 5.79. The van der Waals surface area contributed by atoms with E-state index in [9.17, 15) is 14.0 Å². The van der Waals surface area contributed by atoms with Gasteiger partial charge < -0.3 is 10.6 Å². The molecule has 1 aromatic carbocycles. The number of thiazole rings is 1. The maximum Gasteiger partial charge on any atom is 0.319 e. The Kier molecular flexibility index (Phi) is 5.60. The number of halogens is 1. The molecule has 27 heavy (non-hydrogen) atoms. The van der Waals surface area contributed by atoms with Crippen LogP contribution in [-0.4, -0.2) is 27.3 Å². The van der Waals surface area contributed by atoms with E-state index >= 15 is 0 Å². The fourth-order valence-electron chi connectivity index (χ4n) is 2.50. The number of aryl methyl sites for hydroxylation is 2. The molecule has 0 aliphatic heterocycles. The highest BCUT2D eigenvalue weighted by Crippen LogP contribution is 2.27. The molecule has 0 aliphatic rings. The van der Waals surface area contributed by atoms with Crippen molar-refractivity contribution in [1.29, 1.82) is 0 Å². The first kappa shape index (κ1) is 18.7. The van der Waals surface area contributed by atoms with E-state index in [1.165, 1.54) is 40.3 Å². The summed E-state index contributed by atoms with van der Waals surface area (Å²) in [5.41, 5.74) is 1.34. The molecule has 3 rings (SSSR count). The largest absolute Gasteiger partial charge is 0.336 e. The maximum absolute atomic E-state index is 13.5. The molecule has 3 aromatic rings. The summed E-state index contributed by atoms with van der Waals surface area (Å²) in [4.78, 5) is 29.2. The van der Waals surface area contributed by atoms with Crippen LogP contribution in [0.2, 0.25) is 0 Å². The van der Waals surface area contributed by atoms with Gasteiger partial charge in [-0.25, -0.2) is 18.9 Å². The number of hydrogen-bond donors (Lipinski definition) is 2. The number of urea groups is 1. The highest BCUT2D eigenvalue weighted by Gasteiger charge is 2.11. The fourth-order valence-corrected chi connectivity index (χ4v) is 3.39. The molecule has 0 unspecified atom stereocenters. The predicted octanol–water partition coefficient (Wildman–Crippen LogP) is 2.94. The molecule has 9 heteroatoms. The molecule has 0 radical (unpaired) electrons. The molecule has 0 fully saturated rings. The van der Waals surface area contributed by atoms with Crippen LogP contribution in [0.25, 0.3) is 10.6 Å². The molecular weight excluding hydrogens is 369 g/mol. The molecule has 2 heterocycles. The summed E-state index contributed by atoms with van der Waals surface area (Å²) in [7, 11) is 0. The lowest BCUT2D eigenvalue weighted by Gasteiger charge is -2.09. The minimum Gasteiger partial charge on any atom is -0.336 e. The van der Waals surface area contributed by atoms with Crippen LogP contribution in [0.1, 0.15) is 10.7 Å². The van der Waals surface area contributed by atoms with Crippen molar-refractivity contribution in [2.45, 2.75) is 20.4 Å². The van der Waals surface area contributed by atoms with E-state index in [-0.39, 0.29) is 24.3 Å². The Labute approximate surface area is 158 Å². The topological polar surface area (TPSA) is 88.9 Å². The Bertz CT molecular complexity index is 1030. The van der Waals surface area contributed by atoms with Gasteiger partial charge in [-0.05, 0) is 32.0 Å². The Morgan fingerprint density at radius 1 is 1.22 bits per heavy atom. The molecule has 140 valence electrons. The monoisotopic (exact) mass is 387 g/mol. The highest BCUT2D eigenvalue weighted by atomic mass is 32.1. The number of nitrogens with zero attached hydrogens (tertiary/aromatic N) is 3. The second kappa shape index (κ2) is 8.09. The number of aromatic nitrogens is 3. The van der Waals surface area contributed by atoms with Crippen molar-refractivity contribution >= 4 is 23.1 Å². The SMILES string of the molecule is Cc1nc(C)c(-c2ccc(=O)n(CCNC(=O)Nc3ccccc3F)n2)s1. The lowest BCUT2D eigenvalue weighted by Crippen LogP contribution is -2.34. The van der Waals surface area contributed by atoms with Crippen molar-refractivity contribution in [1.82, 2.24) is 20.1 Å². The number of anilines is 1. The summed E-state index contributed by atoms with van der Waals surface area (Å²) in [6.45, 7) is 4.16. The zero-order valence-corrected chi connectivity index (χ0v) is 15.6. The summed E-state index contributed by atoms with van der Waals surface area (Å²) in [6.07, 6.45) is 0. The van der Waals surface area contributed by atoms with Crippen LogP contribution in [0.15, 0.2) is 41.2 Å². The average Bonchev–Trinajstić information content (AvgIpc) is 2.97. The van der Waals surface area contributed by atoms with Gasteiger partial charge in [0.15, 0.2) is 0 Å². The first-order valence-corrected chi connectivity index (χ1v) is 9.07. The Morgan fingerprint density at radius 3 is 2.70 bits per heavy atom. The number of benzene rings is 1. The number of carbonyl (C=O) groups excluding carboxylic acids is 1. The van der Waals surface area contributed by atoms with Crippen molar-refractivity contribution in [2.75, 3.05) is 11.9 Å². The van der Waals surface area contributed by atoms with Gasteiger partial charge in [-0.1, -0.05) is 12.1 Å². The summed E-state index contributed by atoms with van der Waals surface area (Å²) in [6, 6.07) is 8.43. The zero-order valence-electron chi connectivity index (χ0n) is 14.8. The van der Waals surface area contributed by atoms with E-state index in [4.69, 9.17) is 0 Å². The van der Waals surface area contributed by atoms with Gasteiger partial charge in [0, 0.05) is 12.6 Å². The summed E-state index contributed by atoms with van der Waals surface area (Å²) >= 11 is 1.51. The van der Waals surface area contributed by atoms with E-state index in [1.807, 2.05) is 13.8 Å². The van der Waals surface area contributed by atoms with E-state index in [1.54, 1.807) is 12.1 Å². The van der Waals surface area contributed by atoms with Crippen molar-refractivity contribution in [3.63, 3.8) is 0 Å². The van der Waals surface area contributed by atoms with Crippen LogP contribution in [0, 0.1) is 19.7 Å². The zero-order chi connectivity index (χ0) is 19.4. The number of amides is 2. The van der Waals surface area contributed by atoms with Gasteiger partial charge in [0.1, 0.15) is 11.5 Å². The van der Waals surface area contributed by atoms with Gasteiger partial charge in [0.2, 0.25) is 0 Å². The number of carbonyl (C=O) groups is 1. The first-order chi connectivity index (χ1) is 12.9. The van der Waals surface area contributed by atoms with Crippen molar-refractivity contribution in [3.05, 3.63) is 63.3 Å². The van der Waals surface area contributed by atoms with Gasteiger partial charge in [-0.15, -0.1) is 11.3 Å². The first-order valence-electron chi connectivity index (χ1n) is 8.26. The fraction of sp³-hybridized carbons (Fsp3) is 0.222. The Morgan fingerprint density at radius 2 is 2.00 bits per heavy atom. The van der Waals surface area contributed by atoms with Gasteiger partial charge in [0.25, 0.3) is 5.56 Å². The highest BCUT2D eigenvalue weighted by molar-refractivity contribution is 7.15. The van der Waals surface area contributed by atoms with Crippen LogP contribution in [0.3, 0.4) is 0 Å². The van der Waals surface area contributed by atoms with Gasteiger partial charge in [-0.2, -0.15) is 5.10 Å². The average molecular weight is 387 g/mol. The molecule has 0 atom stereocenters. The molecule has 2 N–H and O–H groups in total. The number of para-hydroxylation sites is 1. The Balaban J connectivity index is 1.63. The molecule has 0 bridgehead atoms. The lowest BCUT2D eigenvalue weighted by atomic mass is 10.3. The van der Waals surface area contributed by atoms with Crippen LogP contribution in [0.5, 0.6) is 0 Å². The normalized spacial score (nSPS) is 10.6. The third-order valence-electron chi connectivity index (χ3n) is 3.73. The number of nitrogens with one attached hydrogen (secondary N) is 2. The molecule has 7 nitrogen and oxygen atoms in total. The van der Waals surface area contributed by atoms with Gasteiger partial charge in [-0.3, -0.25) is 4.79 Å². The predicted molar refractivity (Wildman–Crippen MR) is 103 cm³/mol. The van der Waals surface area contributed by atoms with Gasteiger partial charge >= 0.3 is 6.03 Å². The third kappa shape index (κ3) is 4.56. The van der Waals surface area contributed by atoms with Crippen molar-refractivity contribution < 1.29 is 9.18 Å². The maximum atomic E-state index is 13.5. The quantitative estimate of drug-likeness (QED) is 0.704. The molecule has 0 spiro atoms. The lowest BCUT2D eigenvalue weighted by molar-refractivity contribution is 0.251. The second-order valence-corrected chi connectivity index (χ2v) is 6.99. The minimum atomic E-state index is -0.557. The van der Waals surface area contributed by atoms with Crippen LogP contribution < -0.4 is 16.2 Å². The van der Waals surface area contributed by atoms with E-state index in [2.05, 4.69) is 20.7 Å². The molecule has 0 saturated heterocycles. The summed E-state index contributed by atoms with van der Waals surface area (Å²) in [5, 5.41) is 10.3. The molecular formula is C18H18FN5O2S. The van der Waals surface area contributed by atoms with E-state index in [0.29, 0.717) is 5.69 Å². The van der Waals surface area contributed by atoms with Crippen LogP contribution in [0.4, 0.5) is 14.9 Å². The van der Waals surface area contributed by atoms with Gasteiger partial charge in [0.05, 0.1) is 27.8 Å².